The SMILES string of the molecule is Cc1ncnc(C)c1C(=O)N1CCC(C)(N2CCN(C(c3cccc(F)c3)C3CN(S(=O)(=O)c4ccccc4)C3)[C@@H](C)C2)CC1. The quantitative estimate of drug-likeness (QED) is 0.383. The second-order valence-electron chi connectivity index (χ2n) is 13.1. The fourth-order valence-corrected chi connectivity index (χ4v) is 9.05. The molecular weight excluding hydrogens is 591 g/mol. The molecule has 240 valence electrons. The Morgan fingerprint density at radius 2 is 1.60 bits per heavy atom. The molecule has 3 aliphatic heterocycles. The highest BCUT2D eigenvalue weighted by atomic mass is 32.2. The standard InChI is InChI=1S/C34H43FN6O3S/c1-24-20-39(34(4)13-15-38(16-14-34)33(42)31-25(2)36-23-37-26(31)3)17-18-41(24)32(27-9-8-10-29(35)19-27)28-21-40(22-28)45(43,44)30-11-6-5-7-12-30/h5-12,19,23-24,28,32H,13-18,20-22H2,1-4H3/t24-,32?/m0/s1. The van der Waals surface area contributed by atoms with E-state index in [0.717, 1.165) is 38.0 Å². The predicted octanol–water partition coefficient (Wildman–Crippen LogP) is 4.30. The minimum atomic E-state index is -3.57. The first-order chi connectivity index (χ1) is 21.5. The summed E-state index contributed by atoms with van der Waals surface area (Å²) in [5.41, 5.74) is 2.89. The van der Waals surface area contributed by atoms with Gasteiger partial charge in [0.15, 0.2) is 0 Å². The Morgan fingerprint density at radius 3 is 2.22 bits per heavy atom. The lowest BCUT2D eigenvalue weighted by atomic mass is 9.84. The molecule has 4 heterocycles. The van der Waals surface area contributed by atoms with Crippen LogP contribution in [0.5, 0.6) is 0 Å². The third-order valence-electron chi connectivity index (χ3n) is 10.3. The number of halogens is 1. The summed E-state index contributed by atoms with van der Waals surface area (Å²) in [5, 5.41) is 0. The Kier molecular flexibility index (Phi) is 8.82. The summed E-state index contributed by atoms with van der Waals surface area (Å²) in [6.45, 7) is 12.9. The van der Waals surface area contributed by atoms with E-state index in [9.17, 15) is 17.6 Å². The molecule has 0 bridgehead atoms. The molecule has 3 fully saturated rings. The molecule has 3 saturated heterocycles. The van der Waals surface area contributed by atoms with Crippen molar-refractivity contribution in [2.45, 2.75) is 63.1 Å². The van der Waals surface area contributed by atoms with Crippen molar-refractivity contribution in [3.05, 3.63) is 89.3 Å². The maximum Gasteiger partial charge on any atom is 0.257 e. The molecule has 1 unspecified atom stereocenters. The topological polar surface area (TPSA) is 90.0 Å². The van der Waals surface area contributed by atoms with Crippen molar-refractivity contribution >= 4 is 15.9 Å². The van der Waals surface area contributed by atoms with E-state index in [-0.39, 0.29) is 35.3 Å². The van der Waals surface area contributed by atoms with Crippen LogP contribution in [0.2, 0.25) is 0 Å². The zero-order chi connectivity index (χ0) is 31.9. The molecule has 0 saturated carbocycles. The number of piperidine rings is 1. The second-order valence-corrected chi connectivity index (χ2v) is 15.1. The average molecular weight is 635 g/mol. The van der Waals surface area contributed by atoms with Gasteiger partial charge in [-0.3, -0.25) is 14.6 Å². The van der Waals surface area contributed by atoms with Gasteiger partial charge in [-0.25, -0.2) is 22.8 Å². The molecule has 2 aromatic carbocycles. The molecular formula is C34H43FN6O3S. The van der Waals surface area contributed by atoms with E-state index in [1.807, 2.05) is 30.9 Å². The number of likely N-dealkylation sites (tertiary alicyclic amines) is 1. The van der Waals surface area contributed by atoms with E-state index >= 15 is 0 Å². The van der Waals surface area contributed by atoms with E-state index in [2.05, 4.69) is 33.6 Å². The number of piperazine rings is 1. The Hall–Kier alpha value is -3.25. The number of benzene rings is 2. The number of carbonyl (C=O) groups excluding carboxylic acids is 1. The van der Waals surface area contributed by atoms with Crippen molar-refractivity contribution in [3.8, 4) is 0 Å². The molecule has 0 radical (unpaired) electrons. The largest absolute Gasteiger partial charge is 0.338 e. The molecule has 0 N–H and O–H groups in total. The Balaban J connectivity index is 1.13. The summed E-state index contributed by atoms with van der Waals surface area (Å²) in [7, 11) is -3.57. The summed E-state index contributed by atoms with van der Waals surface area (Å²) < 4.78 is 42.6. The minimum absolute atomic E-state index is 0.00703. The van der Waals surface area contributed by atoms with Gasteiger partial charge in [0.05, 0.1) is 21.8 Å². The third kappa shape index (κ3) is 6.15. The average Bonchev–Trinajstić information content (AvgIpc) is 2.99. The second kappa shape index (κ2) is 12.5. The number of amides is 1. The number of hydrogen-bond acceptors (Lipinski definition) is 7. The Labute approximate surface area is 266 Å². The van der Waals surface area contributed by atoms with Crippen molar-refractivity contribution < 1.29 is 17.6 Å². The minimum Gasteiger partial charge on any atom is -0.338 e. The molecule has 9 nitrogen and oxygen atoms in total. The van der Waals surface area contributed by atoms with Crippen LogP contribution < -0.4 is 0 Å². The first-order valence-corrected chi connectivity index (χ1v) is 17.3. The molecule has 0 spiro atoms. The van der Waals surface area contributed by atoms with Gasteiger partial charge in [0.25, 0.3) is 5.91 Å². The number of rotatable bonds is 7. The Bertz CT molecular complexity index is 1620. The van der Waals surface area contributed by atoms with Crippen LogP contribution >= 0.6 is 0 Å². The number of aromatic nitrogens is 2. The highest BCUT2D eigenvalue weighted by molar-refractivity contribution is 7.89. The van der Waals surface area contributed by atoms with Crippen molar-refractivity contribution in [1.82, 2.24) is 29.0 Å². The predicted molar refractivity (Wildman–Crippen MR) is 171 cm³/mol. The van der Waals surface area contributed by atoms with Crippen LogP contribution in [0.15, 0.2) is 65.8 Å². The first kappa shape index (κ1) is 31.7. The molecule has 1 amide bonds. The van der Waals surface area contributed by atoms with Gasteiger partial charge >= 0.3 is 0 Å². The lowest BCUT2D eigenvalue weighted by molar-refractivity contribution is -0.0491. The molecule has 0 aliphatic carbocycles. The summed E-state index contributed by atoms with van der Waals surface area (Å²) in [6.07, 6.45) is 3.25. The smallest absolute Gasteiger partial charge is 0.257 e. The molecule has 3 aromatic rings. The monoisotopic (exact) mass is 634 g/mol. The van der Waals surface area contributed by atoms with Gasteiger partial charge in [-0.2, -0.15) is 4.31 Å². The van der Waals surface area contributed by atoms with Crippen LogP contribution in [0.1, 0.15) is 60.0 Å². The van der Waals surface area contributed by atoms with Crippen molar-refractivity contribution in [2.75, 3.05) is 45.8 Å². The molecule has 6 rings (SSSR count). The van der Waals surface area contributed by atoms with Crippen molar-refractivity contribution in [2.24, 2.45) is 5.92 Å². The van der Waals surface area contributed by atoms with E-state index in [1.165, 1.54) is 12.4 Å². The first-order valence-electron chi connectivity index (χ1n) is 15.9. The number of sulfonamides is 1. The van der Waals surface area contributed by atoms with Crippen LogP contribution in [-0.4, -0.2) is 101 Å². The third-order valence-corrected chi connectivity index (χ3v) is 12.1. The van der Waals surface area contributed by atoms with E-state index < -0.39 is 10.0 Å². The van der Waals surface area contributed by atoms with Gasteiger partial charge in [0.2, 0.25) is 10.0 Å². The lowest BCUT2D eigenvalue weighted by Gasteiger charge is -2.55. The van der Waals surface area contributed by atoms with Crippen LogP contribution in [0.3, 0.4) is 0 Å². The number of hydrogen-bond donors (Lipinski definition) is 0. The molecule has 45 heavy (non-hydrogen) atoms. The lowest BCUT2D eigenvalue weighted by Crippen LogP contribution is -2.64. The van der Waals surface area contributed by atoms with Gasteiger partial charge in [0, 0.05) is 69.4 Å². The summed E-state index contributed by atoms with van der Waals surface area (Å²) >= 11 is 0. The normalized spacial score (nSPS) is 22.6. The summed E-state index contributed by atoms with van der Waals surface area (Å²) in [4.78, 5) is 29.1. The summed E-state index contributed by atoms with van der Waals surface area (Å²) in [6, 6.07) is 15.4. The van der Waals surface area contributed by atoms with E-state index in [1.54, 1.807) is 40.7 Å². The highest BCUT2D eigenvalue weighted by Crippen LogP contribution is 2.41. The fourth-order valence-electron chi connectivity index (χ4n) is 7.48. The number of carbonyl (C=O) groups is 1. The van der Waals surface area contributed by atoms with Gasteiger partial charge in [0.1, 0.15) is 12.1 Å². The summed E-state index contributed by atoms with van der Waals surface area (Å²) in [5.74, 6) is -0.219. The van der Waals surface area contributed by atoms with Gasteiger partial charge < -0.3 is 4.90 Å². The zero-order valence-corrected chi connectivity index (χ0v) is 27.4. The van der Waals surface area contributed by atoms with Crippen molar-refractivity contribution in [1.29, 1.82) is 0 Å². The van der Waals surface area contributed by atoms with E-state index in [4.69, 9.17) is 0 Å². The van der Waals surface area contributed by atoms with Gasteiger partial charge in [-0.05, 0) is 70.4 Å². The van der Waals surface area contributed by atoms with Gasteiger partial charge in [-0.1, -0.05) is 30.3 Å². The maximum absolute atomic E-state index is 14.5. The van der Waals surface area contributed by atoms with E-state index in [0.29, 0.717) is 48.0 Å². The van der Waals surface area contributed by atoms with Crippen molar-refractivity contribution in [3.63, 3.8) is 0 Å². The Morgan fingerprint density at radius 1 is 0.933 bits per heavy atom. The highest BCUT2D eigenvalue weighted by Gasteiger charge is 2.47. The van der Waals surface area contributed by atoms with Crippen LogP contribution in [0, 0.1) is 25.6 Å². The molecule has 11 heteroatoms. The fraction of sp³-hybridized carbons (Fsp3) is 0.500. The number of aryl methyl sites for hydroxylation is 2. The van der Waals surface area contributed by atoms with Gasteiger partial charge in [-0.15, -0.1) is 0 Å². The zero-order valence-electron chi connectivity index (χ0n) is 26.6. The molecule has 3 aliphatic rings. The maximum atomic E-state index is 14.5. The van der Waals surface area contributed by atoms with Crippen LogP contribution in [0.25, 0.3) is 0 Å². The van der Waals surface area contributed by atoms with Crippen LogP contribution in [-0.2, 0) is 10.0 Å². The molecule has 1 aromatic heterocycles. The number of nitrogens with zero attached hydrogens (tertiary/aromatic N) is 6. The molecule has 2 atom stereocenters. The van der Waals surface area contributed by atoms with Crippen LogP contribution in [0.4, 0.5) is 4.39 Å².